The Morgan fingerprint density at radius 2 is 1.38 bits per heavy atom. The Hall–Kier alpha value is -2.65. The first kappa shape index (κ1) is 16.2. The predicted octanol–water partition coefficient (Wildman–Crippen LogP) is 4.29. The number of hydrogen-bond acceptors (Lipinski definition) is 3. The van der Waals surface area contributed by atoms with Gasteiger partial charge in [-0.3, -0.25) is 9.88 Å². The summed E-state index contributed by atoms with van der Waals surface area (Å²) < 4.78 is 5.35. The molecule has 0 aliphatic carbocycles. The lowest BCUT2D eigenvalue weighted by Crippen LogP contribution is -2.22. The molecule has 0 atom stereocenters. The van der Waals surface area contributed by atoms with E-state index in [1.54, 1.807) is 7.11 Å². The van der Waals surface area contributed by atoms with Crippen molar-refractivity contribution in [2.45, 2.75) is 19.6 Å². The summed E-state index contributed by atoms with van der Waals surface area (Å²) in [7, 11) is 1.71. The van der Waals surface area contributed by atoms with Crippen LogP contribution in [0.2, 0.25) is 0 Å². The molecule has 0 N–H and O–H groups in total. The fourth-order valence-corrected chi connectivity index (χ4v) is 2.78. The first-order valence-electron chi connectivity index (χ1n) is 8.11. The summed E-state index contributed by atoms with van der Waals surface area (Å²) in [5.74, 6) is 0.899. The van der Waals surface area contributed by atoms with Gasteiger partial charge in [-0.15, -0.1) is 0 Å². The van der Waals surface area contributed by atoms with Crippen molar-refractivity contribution < 1.29 is 4.74 Å². The van der Waals surface area contributed by atoms with E-state index in [1.807, 2.05) is 24.5 Å². The molecule has 0 bridgehead atoms. The van der Waals surface area contributed by atoms with Gasteiger partial charge in [0, 0.05) is 32.0 Å². The fourth-order valence-electron chi connectivity index (χ4n) is 2.78. The van der Waals surface area contributed by atoms with Gasteiger partial charge in [-0.05, 0) is 41.0 Å². The van der Waals surface area contributed by atoms with Crippen LogP contribution in [0.3, 0.4) is 0 Å². The van der Waals surface area contributed by atoms with Crippen LogP contribution in [-0.2, 0) is 19.6 Å². The van der Waals surface area contributed by atoms with E-state index < -0.39 is 0 Å². The van der Waals surface area contributed by atoms with Crippen molar-refractivity contribution in [3.8, 4) is 5.75 Å². The van der Waals surface area contributed by atoms with Crippen LogP contribution < -0.4 is 4.74 Å². The molecule has 0 aliphatic rings. The standard InChI is InChI=1S/C21H22N2O/c1-24-21-9-5-8-20(14-21)17-23(15-18-6-3-2-4-7-18)16-19-10-12-22-13-11-19/h2-14H,15-17H2,1H3. The fraction of sp³-hybridized carbons (Fsp3) is 0.190. The van der Waals surface area contributed by atoms with Gasteiger partial charge >= 0.3 is 0 Å². The number of ether oxygens (including phenoxy) is 1. The van der Waals surface area contributed by atoms with Gasteiger partial charge in [0.05, 0.1) is 7.11 Å². The van der Waals surface area contributed by atoms with Gasteiger partial charge in [-0.25, -0.2) is 0 Å². The Morgan fingerprint density at radius 1 is 0.750 bits per heavy atom. The van der Waals surface area contributed by atoms with Crippen LogP contribution >= 0.6 is 0 Å². The number of benzene rings is 2. The molecular weight excluding hydrogens is 296 g/mol. The maximum Gasteiger partial charge on any atom is 0.119 e. The van der Waals surface area contributed by atoms with Gasteiger partial charge in [0.15, 0.2) is 0 Å². The van der Waals surface area contributed by atoms with Crippen LogP contribution in [0.1, 0.15) is 16.7 Å². The molecule has 3 aromatic rings. The molecule has 24 heavy (non-hydrogen) atoms. The van der Waals surface area contributed by atoms with Crippen molar-refractivity contribution in [3.05, 3.63) is 95.8 Å². The zero-order valence-corrected chi connectivity index (χ0v) is 13.9. The third-order valence-corrected chi connectivity index (χ3v) is 3.94. The van der Waals surface area contributed by atoms with Gasteiger partial charge in [0.1, 0.15) is 5.75 Å². The normalized spacial score (nSPS) is 10.8. The van der Waals surface area contributed by atoms with E-state index in [1.165, 1.54) is 16.7 Å². The van der Waals surface area contributed by atoms with E-state index in [2.05, 4.69) is 64.5 Å². The second-order valence-electron chi connectivity index (χ2n) is 5.84. The minimum Gasteiger partial charge on any atom is -0.497 e. The molecule has 0 amide bonds. The number of aromatic nitrogens is 1. The molecule has 1 aromatic heterocycles. The number of methoxy groups -OCH3 is 1. The smallest absolute Gasteiger partial charge is 0.119 e. The molecule has 0 unspecified atom stereocenters. The second kappa shape index (κ2) is 8.27. The summed E-state index contributed by atoms with van der Waals surface area (Å²) in [6.07, 6.45) is 3.70. The summed E-state index contributed by atoms with van der Waals surface area (Å²) in [6, 6.07) is 23.0. The van der Waals surface area contributed by atoms with Crippen molar-refractivity contribution in [1.29, 1.82) is 0 Å². The van der Waals surface area contributed by atoms with Gasteiger partial charge < -0.3 is 4.74 Å². The van der Waals surface area contributed by atoms with Crippen LogP contribution in [0.5, 0.6) is 5.75 Å². The second-order valence-corrected chi connectivity index (χ2v) is 5.84. The summed E-state index contributed by atoms with van der Waals surface area (Å²) >= 11 is 0. The quantitative estimate of drug-likeness (QED) is 0.650. The van der Waals surface area contributed by atoms with Crippen molar-refractivity contribution in [2.75, 3.05) is 7.11 Å². The molecule has 2 aromatic carbocycles. The van der Waals surface area contributed by atoms with Crippen molar-refractivity contribution in [2.24, 2.45) is 0 Å². The molecule has 0 fully saturated rings. The highest BCUT2D eigenvalue weighted by atomic mass is 16.5. The van der Waals surface area contributed by atoms with Crippen molar-refractivity contribution in [3.63, 3.8) is 0 Å². The van der Waals surface area contributed by atoms with Gasteiger partial charge in [0.2, 0.25) is 0 Å². The highest BCUT2D eigenvalue weighted by Crippen LogP contribution is 2.17. The minimum atomic E-state index is 0.869. The van der Waals surface area contributed by atoms with Crippen LogP contribution in [-0.4, -0.2) is 17.0 Å². The SMILES string of the molecule is COc1cccc(CN(Cc2ccccc2)Cc2ccncc2)c1. The molecule has 3 rings (SSSR count). The molecule has 122 valence electrons. The van der Waals surface area contributed by atoms with Gasteiger partial charge in [0.25, 0.3) is 0 Å². The maximum atomic E-state index is 5.35. The third-order valence-electron chi connectivity index (χ3n) is 3.94. The van der Waals surface area contributed by atoms with Crippen molar-refractivity contribution >= 4 is 0 Å². The molecule has 0 aliphatic heterocycles. The minimum absolute atomic E-state index is 0.869. The average molecular weight is 318 g/mol. The predicted molar refractivity (Wildman–Crippen MR) is 96.6 cm³/mol. The Balaban J connectivity index is 1.78. The Labute approximate surface area is 143 Å². The molecular formula is C21H22N2O. The van der Waals surface area contributed by atoms with E-state index >= 15 is 0 Å². The topological polar surface area (TPSA) is 25.4 Å². The largest absolute Gasteiger partial charge is 0.497 e. The van der Waals surface area contributed by atoms with Crippen LogP contribution in [0.25, 0.3) is 0 Å². The highest BCUT2D eigenvalue weighted by Gasteiger charge is 2.09. The third kappa shape index (κ3) is 4.67. The number of nitrogens with zero attached hydrogens (tertiary/aromatic N) is 2. The van der Waals surface area contributed by atoms with Crippen LogP contribution in [0, 0.1) is 0 Å². The molecule has 3 heteroatoms. The number of rotatable bonds is 7. The lowest BCUT2D eigenvalue weighted by Gasteiger charge is -2.23. The van der Waals surface area contributed by atoms with E-state index in [0.29, 0.717) is 0 Å². The molecule has 1 heterocycles. The first-order chi connectivity index (χ1) is 11.8. The first-order valence-corrected chi connectivity index (χ1v) is 8.11. The molecule has 0 radical (unpaired) electrons. The van der Waals surface area contributed by atoms with E-state index in [9.17, 15) is 0 Å². The molecule has 0 saturated heterocycles. The van der Waals surface area contributed by atoms with E-state index in [-0.39, 0.29) is 0 Å². The highest BCUT2D eigenvalue weighted by molar-refractivity contribution is 5.28. The lowest BCUT2D eigenvalue weighted by atomic mass is 10.1. The number of pyridine rings is 1. The Kier molecular flexibility index (Phi) is 5.59. The molecule has 0 saturated carbocycles. The lowest BCUT2D eigenvalue weighted by molar-refractivity contribution is 0.247. The maximum absolute atomic E-state index is 5.35. The monoisotopic (exact) mass is 318 g/mol. The summed E-state index contributed by atoms with van der Waals surface area (Å²) in [5.41, 5.74) is 3.83. The average Bonchev–Trinajstić information content (AvgIpc) is 2.63. The summed E-state index contributed by atoms with van der Waals surface area (Å²) in [5, 5.41) is 0. The Bertz CT molecular complexity index is 703. The summed E-state index contributed by atoms with van der Waals surface area (Å²) in [4.78, 5) is 6.54. The van der Waals surface area contributed by atoms with Crippen molar-refractivity contribution in [1.82, 2.24) is 9.88 Å². The number of hydrogen-bond donors (Lipinski definition) is 0. The van der Waals surface area contributed by atoms with E-state index in [4.69, 9.17) is 4.74 Å². The zero-order valence-electron chi connectivity index (χ0n) is 13.9. The van der Waals surface area contributed by atoms with Crippen LogP contribution in [0.4, 0.5) is 0 Å². The summed E-state index contributed by atoms with van der Waals surface area (Å²) in [6.45, 7) is 2.66. The Morgan fingerprint density at radius 3 is 2.08 bits per heavy atom. The van der Waals surface area contributed by atoms with Gasteiger partial charge in [-0.2, -0.15) is 0 Å². The van der Waals surface area contributed by atoms with Gasteiger partial charge in [-0.1, -0.05) is 42.5 Å². The zero-order chi connectivity index (χ0) is 16.6. The molecule has 0 spiro atoms. The van der Waals surface area contributed by atoms with Crippen LogP contribution in [0.15, 0.2) is 79.1 Å². The van der Waals surface area contributed by atoms with E-state index in [0.717, 1.165) is 25.4 Å². The molecule has 3 nitrogen and oxygen atoms in total.